The second-order valence-corrected chi connectivity index (χ2v) is 3.53. The van der Waals surface area contributed by atoms with Gasteiger partial charge in [0.05, 0.1) is 6.54 Å². The maximum atomic E-state index is 5.16. The smallest absolute Gasteiger partial charge is 0.0747 e. The van der Waals surface area contributed by atoms with Crippen LogP contribution in [0.2, 0.25) is 0 Å². The summed E-state index contributed by atoms with van der Waals surface area (Å²) in [6.45, 7) is 8.47. The fourth-order valence-corrected chi connectivity index (χ4v) is 1.42. The van der Waals surface area contributed by atoms with Crippen LogP contribution in [0.3, 0.4) is 0 Å². The lowest BCUT2D eigenvalue weighted by Crippen LogP contribution is -2.37. The van der Waals surface area contributed by atoms with E-state index in [-0.39, 0.29) is 0 Å². The molecule has 16 heavy (non-hydrogen) atoms. The Bertz CT molecular complexity index is 162. The van der Waals surface area contributed by atoms with E-state index in [2.05, 4.69) is 32.9 Å². The maximum Gasteiger partial charge on any atom is 0.0747 e. The van der Waals surface area contributed by atoms with E-state index >= 15 is 0 Å². The molecule has 0 aromatic rings. The molecule has 0 saturated carbocycles. The summed E-state index contributed by atoms with van der Waals surface area (Å²) >= 11 is 0. The number of nitrogens with two attached hydrogens (primary N) is 2. The van der Waals surface area contributed by atoms with Gasteiger partial charge in [0, 0.05) is 32.7 Å². The summed E-state index contributed by atoms with van der Waals surface area (Å²) in [6, 6.07) is 0. The molecule has 0 radical (unpaired) electrons. The summed E-state index contributed by atoms with van der Waals surface area (Å²) in [4.78, 5) is 2.34. The van der Waals surface area contributed by atoms with Crippen molar-refractivity contribution in [2.24, 2.45) is 22.0 Å². The SMILES string of the molecule is CCCN(CCN=NN)CCNCCNN. The minimum absolute atomic E-state index is 0.668. The van der Waals surface area contributed by atoms with Crippen molar-refractivity contribution in [1.29, 1.82) is 0 Å². The monoisotopic (exact) mass is 231 g/mol. The molecule has 0 aliphatic heterocycles. The van der Waals surface area contributed by atoms with Gasteiger partial charge in [-0.1, -0.05) is 12.1 Å². The van der Waals surface area contributed by atoms with E-state index in [0.29, 0.717) is 6.54 Å². The molecule has 6 N–H and O–H groups in total. The summed E-state index contributed by atoms with van der Waals surface area (Å²) in [6.07, 6.45) is 1.14. The van der Waals surface area contributed by atoms with E-state index < -0.39 is 0 Å². The Labute approximate surface area is 97.6 Å². The van der Waals surface area contributed by atoms with Crippen LogP contribution >= 0.6 is 0 Å². The third-order valence-electron chi connectivity index (χ3n) is 2.19. The lowest BCUT2D eigenvalue weighted by atomic mass is 10.4. The highest BCUT2D eigenvalue weighted by molar-refractivity contribution is 4.60. The van der Waals surface area contributed by atoms with Gasteiger partial charge in [0.25, 0.3) is 0 Å². The highest BCUT2D eigenvalue weighted by atomic mass is 15.3. The molecule has 0 aromatic heterocycles. The molecule has 0 heterocycles. The first kappa shape index (κ1) is 15.2. The van der Waals surface area contributed by atoms with Gasteiger partial charge in [-0.2, -0.15) is 5.11 Å². The number of hydrazine groups is 1. The minimum Gasteiger partial charge on any atom is -0.314 e. The van der Waals surface area contributed by atoms with Crippen molar-refractivity contribution in [1.82, 2.24) is 15.6 Å². The van der Waals surface area contributed by atoms with Crippen molar-refractivity contribution in [3.8, 4) is 0 Å². The van der Waals surface area contributed by atoms with Crippen LogP contribution in [0.1, 0.15) is 13.3 Å². The van der Waals surface area contributed by atoms with Gasteiger partial charge < -0.3 is 16.1 Å². The Morgan fingerprint density at radius 1 is 1.12 bits per heavy atom. The van der Waals surface area contributed by atoms with Crippen LogP contribution < -0.4 is 22.4 Å². The van der Waals surface area contributed by atoms with Gasteiger partial charge in [0.1, 0.15) is 0 Å². The Morgan fingerprint density at radius 2 is 1.94 bits per heavy atom. The molecule has 0 bridgehead atoms. The van der Waals surface area contributed by atoms with Gasteiger partial charge >= 0.3 is 0 Å². The molecule has 0 aliphatic rings. The zero-order chi connectivity index (χ0) is 12.1. The number of hydrogen-bond acceptors (Lipinski definition) is 6. The quantitative estimate of drug-likeness (QED) is 0.159. The van der Waals surface area contributed by atoms with Crippen molar-refractivity contribution in [2.75, 3.05) is 45.8 Å². The van der Waals surface area contributed by atoms with Crippen LogP contribution in [-0.2, 0) is 0 Å². The predicted octanol–water partition coefficient (Wildman–Crippen LogP) is -0.923. The zero-order valence-electron chi connectivity index (χ0n) is 10.2. The third-order valence-corrected chi connectivity index (χ3v) is 2.19. The zero-order valence-corrected chi connectivity index (χ0v) is 10.2. The van der Waals surface area contributed by atoms with Crippen molar-refractivity contribution in [3.63, 3.8) is 0 Å². The molecular weight excluding hydrogens is 206 g/mol. The summed E-state index contributed by atoms with van der Waals surface area (Å²) in [5.41, 5.74) is 2.61. The molecular formula is C9H25N7. The Kier molecular flexibility index (Phi) is 11.7. The number of nitrogens with zero attached hydrogens (tertiary/aromatic N) is 3. The summed E-state index contributed by atoms with van der Waals surface area (Å²) in [7, 11) is 0. The highest BCUT2D eigenvalue weighted by Gasteiger charge is 2.02. The average Bonchev–Trinajstić information content (AvgIpc) is 2.29. The first-order valence-corrected chi connectivity index (χ1v) is 5.78. The van der Waals surface area contributed by atoms with Crippen LogP contribution in [0.15, 0.2) is 10.3 Å². The van der Waals surface area contributed by atoms with Gasteiger partial charge in [-0.05, 0) is 13.0 Å². The number of nitrogens with one attached hydrogen (secondary N) is 2. The molecule has 0 atom stereocenters. The van der Waals surface area contributed by atoms with Crippen LogP contribution in [0, 0.1) is 0 Å². The van der Waals surface area contributed by atoms with Gasteiger partial charge in [0.15, 0.2) is 0 Å². The summed E-state index contributed by atoms with van der Waals surface area (Å²) in [5, 5.41) is 10.3. The van der Waals surface area contributed by atoms with E-state index in [1.165, 1.54) is 0 Å². The lowest BCUT2D eigenvalue weighted by Gasteiger charge is -2.20. The number of hydrogen-bond donors (Lipinski definition) is 4. The van der Waals surface area contributed by atoms with Gasteiger partial charge in [-0.25, -0.2) is 0 Å². The maximum absolute atomic E-state index is 5.16. The molecule has 0 rings (SSSR count). The van der Waals surface area contributed by atoms with E-state index in [1.807, 2.05) is 0 Å². The molecule has 0 amide bonds. The third kappa shape index (κ3) is 9.78. The van der Waals surface area contributed by atoms with E-state index in [9.17, 15) is 0 Å². The second kappa shape index (κ2) is 12.3. The Balaban J connectivity index is 3.50. The topological polar surface area (TPSA) is 104 Å². The molecule has 0 fully saturated rings. The van der Waals surface area contributed by atoms with Crippen LogP contribution in [0.4, 0.5) is 0 Å². The summed E-state index contributed by atoms with van der Waals surface area (Å²) < 4.78 is 0. The lowest BCUT2D eigenvalue weighted by molar-refractivity contribution is 0.280. The minimum atomic E-state index is 0.668. The normalized spacial score (nSPS) is 11.7. The van der Waals surface area contributed by atoms with Crippen molar-refractivity contribution < 1.29 is 0 Å². The van der Waals surface area contributed by atoms with Crippen molar-refractivity contribution in [2.45, 2.75) is 13.3 Å². The highest BCUT2D eigenvalue weighted by Crippen LogP contribution is 1.90. The largest absolute Gasteiger partial charge is 0.314 e. The average molecular weight is 231 g/mol. The first-order chi connectivity index (χ1) is 7.85. The molecule has 0 spiro atoms. The van der Waals surface area contributed by atoms with E-state index in [0.717, 1.165) is 45.7 Å². The Morgan fingerprint density at radius 3 is 2.56 bits per heavy atom. The molecule has 7 heteroatoms. The molecule has 0 unspecified atom stereocenters. The molecule has 0 aromatic carbocycles. The van der Waals surface area contributed by atoms with Crippen LogP contribution in [-0.4, -0.2) is 50.7 Å². The second-order valence-electron chi connectivity index (χ2n) is 3.53. The molecule has 0 aliphatic carbocycles. The van der Waals surface area contributed by atoms with Gasteiger partial charge in [-0.15, -0.1) is 0 Å². The van der Waals surface area contributed by atoms with Gasteiger partial charge in [-0.3, -0.25) is 11.3 Å². The van der Waals surface area contributed by atoms with Gasteiger partial charge in [0.2, 0.25) is 0 Å². The Hall–Kier alpha value is -0.760. The fourth-order valence-electron chi connectivity index (χ4n) is 1.42. The van der Waals surface area contributed by atoms with E-state index in [4.69, 9.17) is 11.7 Å². The van der Waals surface area contributed by atoms with Crippen LogP contribution in [0.25, 0.3) is 0 Å². The van der Waals surface area contributed by atoms with Crippen molar-refractivity contribution >= 4 is 0 Å². The first-order valence-electron chi connectivity index (χ1n) is 5.78. The molecule has 0 saturated heterocycles. The molecule has 7 nitrogen and oxygen atoms in total. The van der Waals surface area contributed by atoms with Crippen LogP contribution in [0.5, 0.6) is 0 Å². The number of rotatable bonds is 11. The standard InChI is InChI=1S/C9H25N7/c1-2-7-16(9-6-14-15-11)8-5-12-3-4-13-10/h12-13H,2-10H2,1H3,(H2,11,14). The van der Waals surface area contributed by atoms with E-state index in [1.54, 1.807) is 0 Å². The van der Waals surface area contributed by atoms with Crippen molar-refractivity contribution in [3.05, 3.63) is 0 Å². The predicted molar refractivity (Wildman–Crippen MR) is 65.7 cm³/mol. The molecule has 96 valence electrons. The summed E-state index contributed by atoms with van der Waals surface area (Å²) in [5.74, 6) is 10.1. The fraction of sp³-hybridized carbons (Fsp3) is 1.00.